The predicted molar refractivity (Wildman–Crippen MR) is 66.1 cm³/mol. The molecule has 0 aromatic heterocycles. The zero-order chi connectivity index (χ0) is 16.0. The van der Waals surface area contributed by atoms with Gasteiger partial charge in [0.15, 0.2) is 12.2 Å². The fourth-order valence-corrected chi connectivity index (χ4v) is 1.35. The van der Waals surface area contributed by atoms with Crippen LogP contribution in [0.25, 0.3) is 0 Å². The highest BCUT2D eigenvalue weighted by molar-refractivity contribution is 5.96. The average molecular weight is 298 g/mol. The van der Waals surface area contributed by atoms with Crippen molar-refractivity contribution < 1.29 is 33.9 Å². The number of benzene rings is 1. The minimum absolute atomic E-state index is 0.364. The summed E-state index contributed by atoms with van der Waals surface area (Å²) < 4.78 is 9.07. The van der Waals surface area contributed by atoms with Gasteiger partial charge in [-0.25, -0.2) is 9.59 Å². The van der Waals surface area contributed by atoms with Crippen LogP contribution in [0.2, 0.25) is 0 Å². The minimum atomic E-state index is -1.58. The Morgan fingerprint density at radius 2 is 2.05 bits per heavy atom. The number of carboxylic acid groups (broad SMARTS) is 1. The number of rotatable bonds is 5. The van der Waals surface area contributed by atoms with Crippen molar-refractivity contribution in [2.45, 2.75) is 0 Å². The Balaban J connectivity index is 2.91. The van der Waals surface area contributed by atoms with Crippen molar-refractivity contribution in [2.24, 2.45) is 0 Å². The number of nitrogens with one attached hydrogen (secondary N) is 1. The topological polar surface area (TPSA) is 145 Å². The van der Waals surface area contributed by atoms with Crippen molar-refractivity contribution in [1.29, 1.82) is 0 Å². The van der Waals surface area contributed by atoms with Gasteiger partial charge in [0.1, 0.15) is 5.75 Å². The third-order valence-electron chi connectivity index (χ3n) is 2.20. The smallest absolute Gasteiger partial charge is 0.413 e. The van der Waals surface area contributed by atoms with Gasteiger partial charge >= 0.3 is 12.1 Å². The number of aromatic carboxylic acids is 1. The van der Waals surface area contributed by atoms with Gasteiger partial charge in [0.05, 0.1) is 12.0 Å². The van der Waals surface area contributed by atoms with Crippen molar-refractivity contribution in [3.05, 3.63) is 33.9 Å². The first-order chi connectivity index (χ1) is 9.86. The molecule has 2 N–H and O–H groups in total. The molecule has 0 spiro atoms. The predicted octanol–water partition coefficient (Wildman–Crippen LogP) is 0.554. The molecule has 0 atom stereocenters. The van der Waals surface area contributed by atoms with E-state index in [2.05, 4.69) is 4.74 Å². The minimum Gasteiger partial charge on any atom is -0.483 e. The van der Waals surface area contributed by atoms with Crippen LogP contribution in [0.1, 0.15) is 10.4 Å². The molecular formula is C11H10N2O8. The van der Waals surface area contributed by atoms with Gasteiger partial charge in [0.2, 0.25) is 0 Å². The van der Waals surface area contributed by atoms with E-state index in [-0.39, 0.29) is 5.75 Å². The van der Waals surface area contributed by atoms with Gasteiger partial charge in [-0.3, -0.25) is 20.2 Å². The molecule has 0 bridgehead atoms. The molecule has 1 rings (SSSR count). The number of amides is 2. The first-order valence-corrected chi connectivity index (χ1v) is 5.38. The molecule has 0 heterocycles. The molecule has 21 heavy (non-hydrogen) atoms. The molecule has 1 aromatic rings. The third kappa shape index (κ3) is 4.16. The van der Waals surface area contributed by atoms with Crippen LogP contribution in [0.15, 0.2) is 18.2 Å². The van der Waals surface area contributed by atoms with Crippen molar-refractivity contribution in [3.63, 3.8) is 0 Å². The number of nitro benzene ring substituents is 1. The Morgan fingerprint density at radius 1 is 1.38 bits per heavy atom. The number of imide groups is 1. The number of carboxylic acids is 1. The zero-order valence-corrected chi connectivity index (χ0v) is 10.7. The molecule has 0 saturated carbocycles. The van der Waals surface area contributed by atoms with E-state index in [0.29, 0.717) is 0 Å². The molecule has 0 unspecified atom stereocenters. The van der Waals surface area contributed by atoms with Gasteiger partial charge in [-0.15, -0.1) is 0 Å². The second-order valence-corrected chi connectivity index (χ2v) is 3.54. The summed E-state index contributed by atoms with van der Waals surface area (Å²) in [6.07, 6.45) is -1.01. The second kappa shape index (κ2) is 6.84. The molecule has 112 valence electrons. The Labute approximate surface area is 117 Å². The first kappa shape index (κ1) is 15.9. The zero-order valence-electron chi connectivity index (χ0n) is 10.7. The van der Waals surface area contributed by atoms with E-state index in [9.17, 15) is 24.5 Å². The van der Waals surface area contributed by atoms with E-state index in [1.165, 1.54) is 6.07 Å². The van der Waals surface area contributed by atoms with Crippen molar-refractivity contribution in [3.8, 4) is 5.75 Å². The number of hydrogen-bond donors (Lipinski definition) is 2. The molecule has 0 saturated heterocycles. The monoisotopic (exact) mass is 298 g/mol. The standard InChI is InChI=1S/C11H10N2O8/c1-20-11(17)12-8(14)5-21-7-4-2-3-6(13(18)19)9(7)10(15)16/h2-4H,5H2,1H3,(H,15,16)(H,12,14,17). The molecule has 0 aliphatic heterocycles. The summed E-state index contributed by atoms with van der Waals surface area (Å²) in [5.41, 5.74) is -1.36. The number of nitrogens with zero attached hydrogens (tertiary/aromatic N) is 1. The highest BCUT2D eigenvalue weighted by Crippen LogP contribution is 2.28. The fourth-order valence-electron chi connectivity index (χ4n) is 1.35. The normalized spacial score (nSPS) is 9.57. The Morgan fingerprint density at radius 3 is 2.57 bits per heavy atom. The number of carbonyl (C=O) groups is 3. The summed E-state index contributed by atoms with van der Waals surface area (Å²) in [4.78, 5) is 42.9. The lowest BCUT2D eigenvalue weighted by atomic mass is 10.1. The summed E-state index contributed by atoms with van der Waals surface area (Å²) in [5.74, 6) is -2.84. The molecule has 2 amide bonds. The van der Waals surface area contributed by atoms with Crippen LogP contribution in [0.5, 0.6) is 5.75 Å². The Kier molecular flexibility index (Phi) is 5.17. The Hall–Kier alpha value is -3.17. The van der Waals surface area contributed by atoms with Crippen LogP contribution in [-0.4, -0.2) is 41.7 Å². The highest BCUT2D eigenvalue weighted by Gasteiger charge is 2.25. The van der Waals surface area contributed by atoms with E-state index in [4.69, 9.17) is 9.84 Å². The van der Waals surface area contributed by atoms with E-state index >= 15 is 0 Å². The van der Waals surface area contributed by atoms with Crippen LogP contribution in [0.4, 0.5) is 10.5 Å². The number of methoxy groups -OCH3 is 1. The average Bonchev–Trinajstić information content (AvgIpc) is 2.44. The number of nitro groups is 1. The van der Waals surface area contributed by atoms with Gasteiger partial charge < -0.3 is 14.6 Å². The highest BCUT2D eigenvalue weighted by atomic mass is 16.6. The maximum atomic E-state index is 11.3. The van der Waals surface area contributed by atoms with Crippen molar-refractivity contribution >= 4 is 23.7 Å². The van der Waals surface area contributed by atoms with Crippen LogP contribution in [0, 0.1) is 10.1 Å². The summed E-state index contributed by atoms with van der Waals surface area (Å²) in [6.45, 7) is -0.712. The molecule has 0 aliphatic carbocycles. The molecular weight excluding hydrogens is 288 g/mol. The Bertz CT molecular complexity index is 598. The van der Waals surface area contributed by atoms with Crippen LogP contribution in [0.3, 0.4) is 0 Å². The first-order valence-electron chi connectivity index (χ1n) is 5.38. The number of carbonyl (C=O) groups excluding carboxylic acids is 2. The van der Waals surface area contributed by atoms with Gasteiger partial charge in [-0.2, -0.15) is 0 Å². The third-order valence-corrected chi connectivity index (χ3v) is 2.20. The van der Waals surface area contributed by atoms with E-state index in [1.807, 2.05) is 0 Å². The SMILES string of the molecule is COC(=O)NC(=O)COc1cccc([N+](=O)[O-])c1C(=O)O. The molecule has 10 nitrogen and oxygen atoms in total. The summed E-state index contributed by atoms with van der Waals surface area (Å²) in [7, 11) is 1.05. The quantitative estimate of drug-likeness (QED) is 0.592. The largest absolute Gasteiger partial charge is 0.483 e. The summed E-state index contributed by atoms with van der Waals surface area (Å²) in [5, 5.41) is 21.5. The molecule has 0 radical (unpaired) electrons. The lowest BCUT2D eigenvalue weighted by molar-refractivity contribution is -0.385. The van der Waals surface area contributed by atoms with Gasteiger partial charge in [-0.05, 0) is 6.07 Å². The van der Waals surface area contributed by atoms with Crippen molar-refractivity contribution in [1.82, 2.24) is 5.32 Å². The van der Waals surface area contributed by atoms with Gasteiger partial charge in [0, 0.05) is 6.07 Å². The second-order valence-electron chi connectivity index (χ2n) is 3.54. The molecule has 10 heteroatoms. The summed E-state index contributed by atoms with van der Waals surface area (Å²) in [6, 6.07) is 3.35. The number of alkyl carbamates (subject to hydrolysis) is 1. The van der Waals surface area contributed by atoms with Crippen LogP contribution >= 0.6 is 0 Å². The van der Waals surface area contributed by atoms with Crippen molar-refractivity contribution in [2.75, 3.05) is 13.7 Å². The summed E-state index contributed by atoms with van der Waals surface area (Å²) >= 11 is 0. The van der Waals surface area contributed by atoms with Gasteiger partial charge in [0.25, 0.3) is 11.6 Å². The maximum Gasteiger partial charge on any atom is 0.413 e. The fraction of sp³-hybridized carbons (Fsp3) is 0.182. The van der Waals surface area contributed by atoms with Gasteiger partial charge in [-0.1, -0.05) is 6.07 Å². The molecule has 0 fully saturated rings. The van der Waals surface area contributed by atoms with E-state index in [0.717, 1.165) is 19.2 Å². The van der Waals surface area contributed by atoms with E-state index in [1.54, 1.807) is 5.32 Å². The number of ether oxygens (including phenoxy) is 2. The molecule has 1 aromatic carbocycles. The van der Waals surface area contributed by atoms with Crippen LogP contribution < -0.4 is 10.1 Å². The van der Waals surface area contributed by atoms with E-state index < -0.39 is 40.8 Å². The lowest BCUT2D eigenvalue weighted by Crippen LogP contribution is -2.34. The number of hydrogen-bond acceptors (Lipinski definition) is 7. The molecule has 0 aliphatic rings. The van der Waals surface area contributed by atoms with Crippen LogP contribution in [-0.2, 0) is 9.53 Å². The lowest BCUT2D eigenvalue weighted by Gasteiger charge is -2.08. The maximum absolute atomic E-state index is 11.3.